The Balaban J connectivity index is 2.22. The molecule has 0 aromatic heterocycles. The van der Waals surface area contributed by atoms with Gasteiger partial charge in [0.1, 0.15) is 12.6 Å². The second-order valence-corrected chi connectivity index (χ2v) is 7.41. The number of sulfonamides is 1. The van der Waals surface area contributed by atoms with Crippen LogP contribution < -0.4 is 4.72 Å². The molecule has 0 radical (unpaired) electrons. The van der Waals surface area contributed by atoms with Crippen LogP contribution in [0.1, 0.15) is 12.0 Å². The molecule has 2 aromatic carbocycles. The number of benzene rings is 2. The van der Waals surface area contributed by atoms with Gasteiger partial charge in [-0.2, -0.15) is 4.72 Å². The molecule has 7 nitrogen and oxygen atoms in total. The van der Waals surface area contributed by atoms with E-state index in [-0.39, 0.29) is 6.61 Å². The van der Waals surface area contributed by atoms with Gasteiger partial charge in [-0.3, -0.25) is 9.59 Å². The number of hydrogen-bond donors (Lipinski definition) is 2. The quantitative estimate of drug-likeness (QED) is 0.275. The van der Waals surface area contributed by atoms with Crippen molar-refractivity contribution in [2.45, 2.75) is 24.0 Å². The van der Waals surface area contributed by atoms with Crippen LogP contribution >= 0.6 is 0 Å². The number of ether oxygens (including phenoxy) is 1. The molecule has 162 valence electrons. The first-order valence-corrected chi connectivity index (χ1v) is 9.40. The van der Waals surface area contributed by atoms with Crippen LogP contribution in [-0.4, -0.2) is 31.5 Å². The lowest BCUT2D eigenvalue weighted by Crippen LogP contribution is -2.43. The predicted octanol–water partition coefficient (Wildman–Crippen LogP) is 2.25. The molecular formula is C17H12F5NO6S. The van der Waals surface area contributed by atoms with Crippen LogP contribution in [0.4, 0.5) is 22.0 Å². The van der Waals surface area contributed by atoms with E-state index in [4.69, 9.17) is 9.84 Å². The number of carboxylic acid groups (broad SMARTS) is 1. The summed E-state index contributed by atoms with van der Waals surface area (Å²) in [4.78, 5) is 20.8. The molecule has 0 amide bonds. The molecule has 0 aliphatic heterocycles. The fourth-order valence-electron chi connectivity index (χ4n) is 2.21. The van der Waals surface area contributed by atoms with Crippen LogP contribution in [0.3, 0.4) is 0 Å². The van der Waals surface area contributed by atoms with Crippen molar-refractivity contribution in [3.05, 3.63) is 65.0 Å². The number of hydrogen-bond acceptors (Lipinski definition) is 5. The zero-order valence-corrected chi connectivity index (χ0v) is 15.5. The Kier molecular flexibility index (Phi) is 7.10. The molecule has 0 aliphatic carbocycles. The van der Waals surface area contributed by atoms with Crippen molar-refractivity contribution in [3.63, 3.8) is 0 Å². The first kappa shape index (κ1) is 23.2. The van der Waals surface area contributed by atoms with E-state index >= 15 is 0 Å². The number of esters is 1. The van der Waals surface area contributed by atoms with Gasteiger partial charge in [0.05, 0.1) is 6.42 Å². The molecule has 0 saturated heterocycles. The highest BCUT2D eigenvalue weighted by Gasteiger charge is 2.36. The van der Waals surface area contributed by atoms with E-state index in [2.05, 4.69) is 0 Å². The minimum absolute atomic E-state index is 0.281. The lowest BCUT2D eigenvalue weighted by molar-refractivity contribution is -0.150. The van der Waals surface area contributed by atoms with Crippen molar-refractivity contribution in [1.29, 1.82) is 0 Å². The van der Waals surface area contributed by atoms with Gasteiger partial charge in [0.2, 0.25) is 15.8 Å². The summed E-state index contributed by atoms with van der Waals surface area (Å²) >= 11 is 0. The topological polar surface area (TPSA) is 110 Å². The summed E-state index contributed by atoms with van der Waals surface area (Å²) in [5.41, 5.74) is 0.528. The number of rotatable bonds is 8. The zero-order chi connectivity index (χ0) is 22.6. The van der Waals surface area contributed by atoms with Crippen molar-refractivity contribution in [2.24, 2.45) is 0 Å². The largest absolute Gasteiger partial charge is 0.480 e. The lowest BCUT2D eigenvalue weighted by Gasteiger charge is -2.15. The van der Waals surface area contributed by atoms with Crippen LogP contribution in [0.25, 0.3) is 0 Å². The molecule has 13 heteroatoms. The van der Waals surface area contributed by atoms with Crippen molar-refractivity contribution < 1.29 is 49.8 Å². The van der Waals surface area contributed by atoms with Crippen LogP contribution in [0.5, 0.6) is 0 Å². The van der Waals surface area contributed by atoms with Crippen LogP contribution in [0.2, 0.25) is 0 Å². The molecule has 2 N–H and O–H groups in total. The molecule has 0 aliphatic rings. The molecule has 0 fully saturated rings. The maximum atomic E-state index is 13.7. The maximum Gasteiger partial charge on any atom is 0.322 e. The highest BCUT2D eigenvalue weighted by atomic mass is 32.2. The molecular weight excluding hydrogens is 441 g/mol. The molecule has 1 unspecified atom stereocenters. The first-order chi connectivity index (χ1) is 14.0. The molecule has 2 aromatic rings. The van der Waals surface area contributed by atoms with Gasteiger partial charge >= 0.3 is 11.9 Å². The van der Waals surface area contributed by atoms with Gasteiger partial charge in [-0.25, -0.2) is 30.4 Å². The monoisotopic (exact) mass is 453 g/mol. The molecule has 1 atom stereocenters. The van der Waals surface area contributed by atoms with Crippen molar-refractivity contribution in [1.82, 2.24) is 4.72 Å². The summed E-state index contributed by atoms with van der Waals surface area (Å²) in [7, 11) is -5.58. The molecule has 2 rings (SSSR count). The summed E-state index contributed by atoms with van der Waals surface area (Å²) in [6.07, 6.45) is -1.13. The second kappa shape index (κ2) is 9.17. The fourth-order valence-corrected chi connectivity index (χ4v) is 3.54. The highest BCUT2D eigenvalue weighted by molar-refractivity contribution is 7.89. The second-order valence-electron chi connectivity index (χ2n) is 5.76. The van der Waals surface area contributed by atoms with Gasteiger partial charge in [0.15, 0.2) is 28.2 Å². The third kappa shape index (κ3) is 5.10. The van der Waals surface area contributed by atoms with Crippen LogP contribution in [0.15, 0.2) is 35.2 Å². The average molecular weight is 453 g/mol. The Morgan fingerprint density at radius 1 is 0.933 bits per heavy atom. The third-order valence-corrected chi connectivity index (χ3v) is 5.14. The number of carbonyl (C=O) groups is 2. The molecule has 0 saturated carbocycles. The normalized spacial score (nSPS) is 12.4. The van der Waals surface area contributed by atoms with E-state index in [1.165, 1.54) is 4.72 Å². The zero-order valence-electron chi connectivity index (χ0n) is 14.7. The number of carbonyl (C=O) groups excluding carboxylic acids is 1. The van der Waals surface area contributed by atoms with Gasteiger partial charge in [0.25, 0.3) is 0 Å². The maximum absolute atomic E-state index is 13.7. The smallest absolute Gasteiger partial charge is 0.322 e. The van der Waals surface area contributed by atoms with Gasteiger partial charge in [-0.05, 0) is 5.56 Å². The number of carboxylic acids is 1. The Morgan fingerprint density at radius 2 is 1.43 bits per heavy atom. The highest BCUT2D eigenvalue weighted by Crippen LogP contribution is 2.26. The number of halogens is 5. The van der Waals surface area contributed by atoms with Gasteiger partial charge in [-0.1, -0.05) is 30.3 Å². The predicted molar refractivity (Wildman–Crippen MR) is 88.8 cm³/mol. The molecule has 0 bridgehead atoms. The van der Waals surface area contributed by atoms with E-state index in [9.17, 15) is 40.0 Å². The van der Waals surface area contributed by atoms with Crippen molar-refractivity contribution in [3.8, 4) is 0 Å². The SMILES string of the molecule is O=C(CC(NS(=O)(=O)c1c(F)c(F)c(F)c(F)c1F)C(=O)O)OCc1ccccc1. The average Bonchev–Trinajstić information content (AvgIpc) is 2.69. The van der Waals surface area contributed by atoms with Crippen molar-refractivity contribution >= 4 is 22.0 Å². The summed E-state index contributed by atoms with van der Waals surface area (Å²) in [5, 5.41) is 9.08. The van der Waals surface area contributed by atoms with Crippen LogP contribution in [0, 0.1) is 29.1 Å². The fraction of sp³-hybridized carbons (Fsp3) is 0.176. The van der Waals surface area contributed by atoms with Crippen LogP contribution in [-0.2, 0) is 31.0 Å². The van der Waals surface area contributed by atoms with E-state index in [1.54, 1.807) is 30.3 Å². The Hall–Kier alpha value is -3.06. The van der Waals surface area contributed by atoms with E-state index in [0.717, 1.165) is 0 Å². The minimum Gasteiger partial charge on any atom is -0.480 e. The first-order valence-electron chi connectivity index (χ1n) is 7.91. The van der Waals surface area contributed by atoms with E-state index in [1.807, 2.05) is 0 Å². The van der Waals surface area contributed by atoms with E-state index < -0.39 is 68.4 Å². The minimum atomic E-state index is -5.58. The standard InChI is InChI=1S/C17H12F5NO6S/c18-11-12(19)14(21)16(15(22)13(11)20)30(27,28)23-9(17(25)26)6-10(24)29-7-8-4-2-1-3-5-8/h1-5,9,23H,6-7H2,(H,25,26). The Labute approximate surface area is 166 Å². The summed E-state index contributed by atoms with van der Waals surface area (Å²) in [6.45, 7) is -0.281. The lowest BCUT2D eigenvalue weighted by atomic mass is 10.2. The number of nitrogens with one attached hydrogen (secondary N) is 1. The van der Waals surface area contributed by atoms with Gasteiger partial charge < -0.3 is 9.84 Å². The summed E-state index contributed by atoms with van der Waals surface area (Å²) in [5.74, 6) is -16.2. The number of aliphatic carboxylic acids is 1. The summed E-state index contributed by atoms with van der Waals surface area (Å²) in [6, 6.07) is 5.78. The van der Waals surface area contributed by atoms with Gasteiger partial charge in [-0.15, -0.1) is 0 Å². The Bertz CT molecular complexity index is 1050. The summed E-state index contributed by atoms with van der Waals surface area (Å²) < 4.78 is 97.3. The molecule has 0 heterocycles. The van der Waals surface area contributed by atoms with Gasteiger partial charge in [0, 0.05) is 0 Å². The molecule has 0 spiro atoms. The Morgan fingerprint density at radius 3 is 1.93 bits per heavy atom. The van der Waals surface area contributed by atoms with E-state index in [0.29, 0.717) is 5.56 Å². The third-order valence-electron chi connectivity index (χ3n) is 3.65. The molecule has 30 heavy (non-hydrogen) atoms. The van der Waals surface area contributed by atoms with Crippen molar-refractivity contribution in [2.75, 3.05) is 0 Å².